The molecule has 0 rings (SSSR count). The molecule has 0 saturated heterocycles. The van der Waals surface area contributed by atoms with E-state index in [1.54, 1.807) is 7.11 Å². The van der Waals surface area contributed by atoms with Gasteiger partial charge in [0.2, 0.25) is 0 Å². The summed E-state index contributed by atoms with van der Waals surface area (Å²) in [6, 6.07) is 0. The quantitative estimate of drug-likeness (QED) is 0.0465. The molecule has 0 amide bonds. The minimum Gasteiger partial charge on any atom is -0.463 e. The first-order valence-corrected chi connectivity index (χ1v) is 22.6. The van der Waals surface area contributed by atoms with Crippen LogP contribution in [0.3, 0.4) is 0 Å². The molecule has 0 aromatic rings. The predicted molar refractivity (Wildman–Crippen MR) is 216 cm³/mol. The Bertz CT molecular complexity index is 589. The van der Waals surface area contributed by atoms with Crippen molar-refractivity contribution in [2.24, 2.45) is 0 Å². The fourth-order valence-corrected chi connectivity index (χ4v) is 6.87. The van der Waals surface area contributed by atoms with Crippen LogP contribution < -0.4 is 0 Å². The fourth-order valence-electron chi connectivity index (χ4n) is 6.87. The van der Waals surface area contributed by atoms with Gasteiger partial charge in [0.05, 0.1) is 32.3 Å². The van der Waals surface area contributed by atoms with Crippen molar-refractivity contribution in [1.29, 1.82) is 0 Å². The average Bonchev–Trinajstić information content (AvgIpc) is 3.12. The van der Waals surface area contributed by atoms with Crippen LogP contribution >= 0.6 is 0 Å². The summed E-state index contributed by atoms with van der Waals surface area (Å²) in [4.78, 5) is 12.3. The van der Waals surface area contributed by atoms with Crippen LogP contribution in [0.1, 0.15) is 239 Å². The van der Waals surface area contributed by atoms with Gasteiger partial charge in [-0.25, -0.2) is 0 Å². The molecule has 1 unspecified atom stereocenters. The molecule has 0 aliphatic carbocycles. The normalized spacial score (nSPS) is 12.1. The first kappa shape index (κ1) is 49.4. The molecule has 0 radical (unpaired) electrons. The van der Waals surface area contributed by atoms with Gasteiger partial charge in [-0.1, -0.05) is 219 Å². The Balaban J connectivity index is 3.90. The molecule has 5 heteroatoms. The van der Waals surface area contributed by atoms with Crippen LogP contribution in [0.4, 0.5) is 0 Å². The topological polar surface area (TPSA) is 54.0 Å². The van der Waals surface area contributed by atoms with Gasteiger partial charge in [0.15, 0.2) is 0 Å². The van der Waals surface area contributed by atoms with Gasteiger partial charge in [-0.3, -0.25) is 4.79 Å². The second-order valence-electron chi connectivity index (χ2n) is 15.3. The second kappa shape index (κ2) is 44.5. The standard InChI is InChI=1S/C45H90O5/c1-4-6-8-10-12-14-16-18-20-22-23-25-27-29-31-33-35-37-44(43-50-45(46)38-40-48-42-41-47-3)49-39-36-34-32-30-28-26-24-21-19-17-15-13-11-9-7-5-2/h44H,4-43H2,1-3H3. The van der Waals surface area contributed by atoms with E-state index in [9.17, 15) is 4.79 Å². The molecule has 0 bridgehead atoms. The number of esters is 1. The highest BCUT2D eigenvalue weighted by Gasteiger charge is 2.13. The van der Waals surface area contributed by atoms with Gasteiger partial charge < -0.3 is 18.9 Å². The minimum atomic E-state index is -0.194. The van der Waals surface area contributed by atoms with Crippen molar-refractivity contribution in [3.63, 3.8) is 0 Å². The van der Waals surface area contributed by atoms with E-state index in [2.05, 4.69) is 13.8 Å². The third-order valence-electron chi connectivity index (χ3n) is 10.3. The van der Waals surface area contributed by atoms with Gasteiger partial charge in [0.1, 0.15) is 6.61 Å². The third-order valence-corrected chi connectivity index (χ3v) is 10.3. The lowest BCUT2D eigenvalue weighted by Crippen LogP contribution is -2.23. The van der Waals surface area contributed by atoms with Crippen LogP contribution in [0.25, 0.3) is 0 Å². The molecule has 0 fully saturated rings. The van der Waals surface area contributed by atoms with Crippen LogP contribution in [-0.4, -0.2) is 52.2 Å². The lowest BCUT2D eigenvalue weighted by molar-refractivity contribution is -0.149. The van der Waals surface area contributed by atoms with Gasteiger partial charge in [-0.15, -0.1) is 0 Å². The summed E-state index contributed by atoms with van der Waals surface area (Å²) in [6.45, 7) is 7.17. The molecule has 0 heterocycles. The van der Waals surface area contributed by atoms with E-state index in [0.29, 0.717) is 26.4 Å². The first-order valence-electron chi connectivity index (χ1n) is 22.6. The zero-order valence-electron chi connectivity index (χ0n) is 34.4. The fraction of sp³-hybridized carbons (Fsp3) is 0.978. The Morgan fingerprint density at radius 1 is 0.420 bits per heavy atom. The Morgan fingerprint density at radius 3 is 1.16 bits per heavy atom. The molecule has 0 saturated carbocycles. The number of hydrogen-bond acceptors (Lipinski definition) is 5. The van der Waals surface area contributed by atoms with Crippen molar-refractivity contribution in [1.82, 2.24) is 0 Å². The Morgan fingerprint density at radius 2 is 0.780 bits per heavy atom. The molecule has 1 atom stereocenters. The lowest BCUT2D eigenvalue weighted by Gasteiger charge is -2.18. The van der Waals surface area contributed by atoms with Crippen LogP contribution in [0, 0.1) is 0 Å². The summed E-state index contributed by atoms with van der Waals surface area (Å²) in [5.74, 6) is -0.194. The van der Waals surface area contributed by atoms with E-state index in [0.717, 1.165) is 25.9 Å². The molecular weight excluding hydrogens is 620 g/mol. The van der Waals surface area contributed by atoms with Crippen LogP contribution in [0.5, 0.6) is 0 Å². The van der Waals surface area contributed by atoms with Gasteiger partial charge in [-0.2, -0.15) is 0 Å². The smallest absolute Gasteiger partial charge is 0.308 e. The first-order chi connectivity index (χ1) is 24.7. The molecule has 0 aliphatic heterocycles. The summed E-state index contributed by atoms with van der Waals surface area (Å²) >= 11 is 0. The van der Waals surface area contributed by atoms with E-state index in [-0.39, 0.29) is 18.5 Å². The highest BCUT2D eigenvalue weighted by atomic mass is 16.6. The van der Waals surface area contributed by atoms with Crippen molar-refractivity contribution in [3.05, 3.63) is 0 Å². The average molecular weight is 711 g/mol. The van der Waals surface area contributed by atoms with E-state index in [1.807, 2.05) is 0 Å². The summed E-state index contributed by atoms with van der Waals surface area (Å²) in [5, 5.41) is 0. The minimum absolute atomic E-state index is 0.0149. The maximum absolute atomic E-state index is 12.3. The van der Waals surface area contributed by atoms with Crippen molar-refractivity contribution in [2.45, 2.75) is 245 Å². The molecule has 0 N–H and O–H groups in total. The number of hydrogen-bond donors (Lipinski definition) is 0. The Kier molecular flexibility index (Phi) is 43.9. The maximum Gasteiger partial charge on any atom is 0.308 e. The number of carbonyl (C=O) groups excluding carboxylic acids is 1. The number of rotatable bonds is 44. The van der Waals surface area contributed by atoms with Crippen molar-refractivity contribution in [2.75, 3.05) is 40.1 Å². The number of ether oxygens (including phenoxy) is 4. The third kappa shape index (κ3) is 41.8. The predicted octanol–water partition coefficient (Wildman–Crippen LogP) is 14.3. The molecule has 5 nitrogen and oxygen atoms in total. The van der Waals surface area contributed by atoms with Crippen LogP contribution in [0.2, 0.25) is 0 Å². The zero-order valence-corrected chi connectivity index (χ0v) is 34.4. The molecule has 0 aromatic carbocycles. The number of carbonyl (C=O) groups is 1. The van der Waals surface area contributed by atoms with Crippen molar-refractivity contribution in [3.8, 4) is 0 Å². The van der Waals surface area contributed by atoms with Crippen molar-refractivity contribution >= 4 is 5.97 Å². The van der Waals surface area contributed by atoms with E-state index < -0.39 is 0 Å². The number of unbranched alkanes of at least 4 members (excludes halogenated alkanes) is 31. The van der Waals surface area contributed by atoms with Gasteiger partial charge in [-0.05, 0) is 12.8 Å². The molecule has 50 heavy (non-hydrogen) atoms. The summed E-state index contributed by atoms with van der Waals surface area (Å²) in [5.41, 5.74) is 0. The molecule has 0 aromatic heterocycles. The second-order valence-corrected chi connectivity index (χ2v) is 15.3. The van der Waals surface area contributed by atoms with Crippen molar-refractivity contribution < 1.29 is 23.7 Å². The number of methoxy groups -OCH3 is 1. The van der Waals surface area contributed by atoms with E-state index in [1.165, 1.54) is 199 Å². The van der Waals surface area contributed by atoms with Gasteiger partial charge >= 0.3 is 5.97 Å². The summed E-state index contributed by atoms with van der Waals surface area (Å²) < 4.78 is 22.3. The summed E-state index contributed by atoms with van der Waals surface area (Å²) in [7, 11) is 1.65. The van der Waals surface area contributed by atoms with Gasteiger partial charge in [0, 0.05) is 13.7 Å². The SMILES string of the molecule is CCCCCCCCCCCCCCCCCCCC(COC(=O)CCOCCOC)OCCCCCCCCCCCCCCCCCC. The Labute approximate surface area is 313 Å². The summed E-state index contributed by atoms with van der Waals surface area (Å²) in [6.07, 6.45) is 46.8. The molecule has 0 spiro atoms. The lowest BCUT2D eigenvalue weighted by atomic mass is 10.0. The van der Waals surface area contributed by atoms with E-state index >= 15 is 0 Å². The van der Waals surface area contributed by atoms with Crippen LogP contribution in [-0.2, 0) is 23.7 Å². The molecular formula is C45H90O5. The van der Waals surface area contributed by atoms with Crippen LogP contribution in [0.15, 0.2) is 0 Å². The molecule has 0 aliphatic rings. The highest BCUT2D eigenvalue weighted by Crippen LogP contribution is 2.17. The maximum atomic E-state index is 12.3. The largest absolute Gasteiger partial charge is 0.463 e. The Hall–Kier alpha value is -0.650. The monoisotopic (exact) mass is 711 g/mol. The van der Waals surface area contributed by atoms with Gasteiger partial charge in [0.25, 0.3) is 0 Å². The zero-order chi connectivity index (χ0) is 36.3. The van der Waals surface area contributed by atoms with E-state index in [4.69, 9.17) is 18.9 Å². The molecule has 300 valence electrons. The highest BCUT2D eigenvalue weighted by molar-refractivity contribution is 5.69.